The molecular weight excluding hydrogens is 374 g/mol. The molecular formula is C25H31N3O2. The van der Waals surface area contributed by atoms with E-state index in [1.807, 2.05) is 51.2 Å². The number of anilines is 2. The molecule has 1 aliphatic heterocycles. The molecule has 0 atom stereocenters. The number of amides is 1. The number of likely N-dealkylation sites (N-methyl/N-ethyl adjacent to an activating group) is 2. The van der Waals surface area contributed by atoms with Crippen molar-refractivity contribution >= 4 is 23.1 Å². The molecule has 0 unspecified atom stereocenters. The average molecular weight is 406 g/mol. The van der Waals surface area contributed by atoms with Crippen molar-refractivity contribution in [3.05, 3.63) is 70.9 Å². The van der Waals surface area contributed by atoms with Crippen LogP contribution >= 0.6 is 0 Å². The smallest absolute Gasteiger partial charge is 0.238 e. The van der Waals surface area contributed by atoms with Gasteiger partial charge in [0.1, 0.15) is 0 Å². The van der Waals surface area contributed by atoms with Crippen molar-refractivity contribution in [3.63, 3.8) is 0 Å². The molecule has 0 saturated heterocycles. The molecule has 30 heavy (non-hydrogen) atoms. The normalized spacial score (nSPS) is 16.1. The van der Waals surface area contributed by atoms with E-state index in [0.717, 1.165) is 28.2 Å². The summed E-state index contributed by atoms with van der Waals surface area (Å²) in [5.41, 5.74) is 6.08. The predicted octanol–water partition coefficient (Wildman–Crippen LogP) is 4.05. The molecule has 0 spiro atoms. The van der Waals surface area contributed by atoms with E-state index < -0.39 is 0 Å². The van der Waals surface area contributed by atoms with Crippen molar-refractivity contribution in [3.8, 4) is 0 Å². The Morgan fingerprint density at radius 2 is 1.77 bits per heavy atom. The van der Waals surface area contributed by atoms with E-state index in [1.54, 1.807) is 18.0 Å². The van der Waals surface area contributed by atoms with Crippen LogP contribution in [0.5, 0.6) is 0 Å². The van der Waals surface area contributed by atoms with Gasteiger partial charge in [0.25, 0.3) is 0 Å². The second-order valence-corrected chi connectivity index (χ2v) is 8.66. The van der Waals surface area contributed by atoms with Gasteiger partial charge < -0.3 is 10.2 Å². The highest BCUT2D eigenvalue weighted by Crippen LogP contribution is 2.46. The fraction of sp³-hybridized carbons (Fsp3) is 0.360. The van der Waals surface area contributed by atoms with E-state index in [4.69, 9.17) is 0 Å². The first-order chi connectivity index (χ1) is 14.1. The number of aryl methyl sites for hydroxylation is 1. The van der Waals surface area contributed by atoms with Crippen molar-refractivity contribution in [1.29, 1.82) is 0 Å². The van der Waals surface area contributed by atoms with E-state index in [0.29, 0.717) is 0 Å². The summed E-state index contributed by atoms with van der Waals surface area (Å²) in [5, 5.41) is 2.94. The Kier molecular flexibility index (Phi) is 6.13. The second kappa shape index (κ2) is 8.44. The minimum Gasteiger partial charge on any atom is -0.347 e. The van der Waals surface area contributed by atoms with Crippen molar-refractivity contribution in [2.24, 2.45) is 0 Å². The fourth-order valence-corrected chi connectivity index (χ4v) is 4.10. The molecule has 1 N–H and O–H groups in total. The maximum absolute atomic E-state index is 12.8. The summed E-state index contributed by atoms with van der Waals surface area (Å²) < 4.78 is 0. The number of hydrogen-bond donors (Lipinski definition) is 1. The number of carbonyl (C=O) groups excluding carboxylic acids is 2. The summed E-state index contributed by atoms with van der Waals surface area (Å²) in [6.45, 7) is 8.61. The van der Waals surface area contributed by atoms with Gasteiger partial charge in [-0.3, -0.25) is 14.5 Å². The van der Waals surface area contributed by atoms with Gasteiger partial charge in [0, 0.05) is 35.6 Å². The highest BCUT2D eigenvalue weighted by molar-refractivity contribution is 5.96. The molecule has 0 bridgehead atoms. The Balaban J connectivity index is 1.63. The summed E-state index contributed by atoms with van der Waals surface area (Å²) in [6.07, 6.45) is 1.72. The third kappa shape index (κ3) is 4.31. The number of allylic oxidation sites excluding steroid dienone is 1. The van der Waals surface area contributed by atoms with Gasteiger partial charge in [0.05, 0.1) is 13.1 Å². The summed E-state index contributed by atoms with van der Waals surface area (Å²) in [7, 11) is 3.78. The fourth-order valence-electron chi connectivity index (χ4n) is 4.10. The number of ketones is 1. The third-order valence-electron chi connectivity index (χ3n) is 5.96. The van der Waals surface area contributed by atoms with Crippen molar-refractivity contribution in [1.82, 2.24) is 4.90 Å². The Morgan fingerprint density at radius 3 is 2.47 bits per heavy atom. The topological polar surface area (TPSA) is 52.7 Å². The number of hydrogen-bond acceptors (Lipinski definition) is 4. The van der Waals surface area contributed by atoms with Crippen LogP contribution in [-0.2, 0) is 15.0 Å². The van der Waals surface area contributed by atoms with Gasteiger partial charge in [-0.25, -0.2) is 0 Å². The van der Waals surface area contributed by atoms with Crippen LogP contribution in [0.1, 0.15) is 30.5 Å². The van der Waals surface area contributed by atoms with Gasteiger partial charge >= 0.3 is 0 Å². The van der Waals surface area contributed by atoms with E-state index in [1.165, 1.54) is 5.56 Å². The molecule has 1 heterocycles. The van der Waals surface area contributed by atoms with Gasteiger partial charge in [-0.15, -0.1) is 0 Å². The Bertz CT molecular complexity index is 1010. The van der Waals surface area contributed by atoms with Crippen LogP contribution in [0, 0.1) is 13.8 Å². The van der Waals surface area contributed by atoms with E-state index >= 15 is 0 Å². The lowest BCUT2D eigenvalue weighted by molar-refractivity contribution is -0.118. The first-order valence-corrected chi connectivity index (χ1v) is 10.2. The van der Waals surface area contributed by atoms with Gasteiger partial charge in [-0.2, -0.15) is 0 Å². The Morgan fingerprint density at radius 1 is 1.07 bits per heavy atom. The SMILES string of the molecule is Cc1cccc(NC(=O)CN(C)CC(=O)/C=C2/N(C)c3ccccc3C2(C)C)c1C. The lowest BCUT2D eigenvalue weighted by Gasteiger charge is -2.24. The van der Waals surface area contributed by atoms with Crippen LogP contribution in [0.4, 0.5) is 11.4 Å². The molecule has 0 radical (unpaired) electrons. The molecule has 0 saturated carbocycles. The highest BCUT2D eigenvalue weighted by Gasteiger charge is 2.38. The largest absolute Gasteiger partial charge is 0.347 e. The molecule has 5 heteroatoms. The monoisotopic (exact) mass is 405 g/mol. The van der Waals surface area contributed by atoms with E-state index in [-0.39, 0.29) is 30.2 Å². The van der Waals surface area contributed by atoms with Gasteiger partial charge in [-0.05, 0) is 49.7 Å². The number of para-hydroxylation sites is 1. The summed E-state index contributed by atoms with van der Waals surface area (Å²) >= 11 is 0. The minimum atomic E-state index is -0.236. The average Bonchev–Trinajstić information content (AvgIpc) is 2.86. The molecule has 1 amide bonds. The molecule has 3 rings (SSSR count). The van der Waals surface area contributed by atoms with Crippen molar-refractivity contribution < 1.29 is 9.59 Å². The maximum Gasteiger partial charge on any atom is 0.238 e. The molecule has 0 aromatic heterocycles. The first-order valence-electron chi connectivity index (χ1n) is 10.2. The van der Waals surface area contributed by atoms with Crippen LogP contribution < -0.4 is 10.2 Å². The second-order valence-electron chi connectivity index (χ2n) is 8.66. The van der Waals surface area contributed by atoms with Crippen molar-refractivity contribution in [2.45, 2.75) is 33.1 Å². The number of nitrogens with one attached hydrogen (secondary N) is 1. The van der Waals surface area contributed by atoms with Crippen LogP contribution in [-0.4, -0.2) is 43.8 Å². The highest BCUT2D eigenvalue weighted by atomic mass is 16.2. The summed E-state index contributed by atoms with van der Waals surface area (Å²) in [5.74, 6) is -0.142. The van der Waals surface area contributed by atoms with E-state index in [9.17, 15) is 9.59 Å². The molecule has 0 fully saturated rings. The molecule has 5 nitrogen and oxygen atoms in total. The van der Waals surface area contributed by atoms with Crippen LogP contribution in [0.3, 0.4) is 0 Å². The number of carbonyl (C=O) groups is 2. The van der Waals surface area contributed by atoms with Crippen LogP contribution in [0.25, 0.3) is 0 Å². The number of nitrogens with zero attached hydrogens (tertiary/aromatic N) is 2. The number of rotatable bonds is 6. The zero-order valence-corrected chi connectivity index (χ0v) is 18.7. The predicted molar refractivity (Wildman–Crippen MR) is 123 cm³/mol. The van der Waals surface area contributed by atoms with Crippen LogP contribution in [0.15, 0.2) is 54.2 Å². The quantitative estimate of drug-likeness (QED) is 0.737. The Hall–Kier alpha value is -2.92. The lowest BCUT2D eigenvalue weighted by atomic mass is 9.83. The molecule has 0 aliphatic carbocycles. The number of fused-ring (bicyclic) bond motifs is 1. The van der Waals surface area contributed by atoms with Crippen LogP contribution in [0.2, 0.25) is 0 Å². The molecule has 158 valence electrons. The minimum absolute atomic E-state index is 0.0141. The number of benzene rings is 2. The standard InChI is InChI=1S/C25H31N3O2/c1-17-10-9-12-21(18(17)2)26-24(30)16-27(5)15-19(29)14-23-25(3,4)20-11-7-8-13-22(20)28(23)6/h7-14H,15-16H2,1-6H3,(H,26,30)/b23-14+. The third-order valence-corrected chi connectivity index (χ3v) is 5.96. The van der Waals surface area contributed by atoms with E-state index in [2.05, 4.69) is 36.2 Å². The zero-order valence-electron chi connectivity index (χ0n) is 18.7. The van der Waals surface area contributed by atoms with Gasteiger partial charge in [0.15, 0.2) is 5.78 Å². The molecule has 2 aromatic rings. The van der Waals surface area contributed by atoms with Gasteiger partial charge in [-0.1, -0.05) is 44.2 Å². The Labute approximate surface area is 179 Å². The molecule has 1 aliphatic rings. The first kappa shape index (κ1) is 21.8. The zero-order chi connectivity index (χ0) is 22.1. The summed E-state index contributed by atoms with van der Waals surface area (Å²) in [6, 6.07) is 14.1. The van der Waals surface area contributed by atoms with Crippen molar-refractivity contribution in [2.75, 3.05) is 37.4 Å². The van der Waals surface area contributed by atoms with Gasteiger partial charge in [0.2, 0.25) is 5.91 Å². The summed E-state index contributed by atoms with van der Waals surface area (Å²) in [4.78, 5) is 29.0. The maximum atomic E-state index is 12.8. The lowest BCUT2D eigenvalue weighted by Crippen LogP contribution is -2.34. The molecule has 2 aromatic carbocycles.